The lowest BCUT2D eigenvalue weighted by Gasteiger charge is -2.25. The number of thiazole rings is 1. The molecule has 1 aliphatic rings. The highest BCUT2D eigenvalue weighted by atomic mass is 79.9. The van der Waals surface area contributed by atoms with Crippen molar-refractivity contribution in [1.82, 2.24) is 4.57 Å². The molecule has 1 aromatic heterocycles. The Labute approximate surface area is 230 Å². The minimum Gasteiger partial charge on any atom is -0.489 e. The summed E-state index contributed by atoms with van der Waals surface area (Å²) < 4.78 is 13.9. The molecule has 6 nitrogen and oxygen atoms in total. The van der Waals surface area contributed by atoms with Crippen molar-refractivity contribution >= 4 is 62.5 Å². The third-order valence-corrected chi connectivity index (χ3v) is 7.53. The first-order valence-corrected chi connectivity index (χ1v) is 13.6. The van der Waals surface area contributed by atoms with E-state index in [1.807, 2.05) is 19.9 Å². The van der Waals surface area contributed by atoms with Crippen molar-refractivity contribution in [3.63, 3.8) is 0 Å². The average Bonchev–Trinajstić information content (AvgIpc) is 3.10. The summed E-state index contributed by atoms with van der Waals surface area (Å²) in [5.74, 6) is 0.0376. The molecular weight excluding hydrogens is 587 g/mol. The maximum atomic E-state index is 13.8. The summed E-state index contributed by atoms with van der Waals surface area (Å²) in [6.07, 6.45) is 1.64. The van der Waals surface area contributed by atoms with Crippen molar-refractivity contribution in [2.45, 2.75) is 39.8 Å². The van der Waals surface area contributed by atoms with E-state index in [1.165, 1.54) is 15.9 Å². The molecule has 36 heavy (non-hydrogen) atoms. The van der Waals surface area contributed by atoms with Crippen molar-refractivity contribution in [2.75, 3.05) is 6.61 Å². The molecule has 0 saturated carbocycles. The van der Waals surface area contributed by atoms with E-state index in [-0.39, 0.29) is 23.8 Å². The molecular formula is C26H23BrCl2N2O4S. The first-order chi connectivity index (χ1) is 17.1. The van der Waals surface area contributed by atoms with Crippen molar-refractivity contribution < 1.29 is 14.3 Å². The molecule has 1 atom stereocenters. The highest BCUT2D eigenvalue weighted by Gasteiger charge is 2.34. The van der Waals surface area contributed by atoms with Gasteiger partial charge in [-0.1, -0.05) is 52.7 Å². The van der Waals surface area contributed by atoms with Gasteiger partial charge in [0.15, 0.2) is 4.80 Å². The van der Waals surface area contributed by atoms with Gasteiger partial charge in [0.25, 0.3) is 5.56 Å². The maximum Gasteiger partial charge on any atom is 0.338 e. The van der Waals surface area contributed by atoms with Gasteiger partial charge in [-0.25, -0.2) is 9.79 Å². The SMILES string of the molecule is CCOC(=O)C1=C(C)N=c2s/c(=C\c3cc(Cl)cc(Br)c3OC(C)C)c(=O)n2[C@@H]1c1ccccc1Cl. The molecule has 10 heteroatoms. The highest BCUT2D eigenvalue weighted by molar-refractivity contribution is 9.10. The number of fused-ring (bicyclic) bond motifs is 1. The van der Waals surface area contributed by atoms with Gasteiger partial charge in [-0.15, -0.1) is 0 Å². The van der Waals surface area contributed by atoms with Crippen LogP contribution in [0.1, 0.15) is 44.9 Å². The van der Waals surface area contributed by atoms with E-state index < -0.39 is 12.0 Å². The number of hydrogen-bond donors (Lipinski definition) is 0. The number of nitrogens with zero attached hydrogens (tertiary/aromatic N) is 2. The summed E-state index contributed by atoms with van der Waals surface area (Å²) in [4.78, 5) is 31.9. The Morgan fingerprint density at radius 1 is 1.28 bits per heavy atom. The van der Waals surface area contributed by atoms with Gasteiger partial charge >= 0.3 is 5.97 Å². The summed E-state index contributed by atoms with van der Waals surface area (Å²) in [6.45, 7) is 7.49. The zero-order valence-electron chi connectivity index (χ0n) is 20.0. The van der Waals surface area contributed by atoms with Crippen molar-refractivity contribution in [2.24, 2.45) is 4.99 Å². The smallest absolute Gasteiger partial charge is 0.338 e. The van der Waals surface area contributed by atoms with Crippen LogP contribution in [0.4, 0.5) is 0 Å². The molecule has 3 aromatic rings. The molecule has 2 aromatic carbocycles. The van der Waals surface area contributed by atoms with E-state index in [0.29, 0.717) is 46.4 Å². The molecule has 0 spiro atoms. The molecule has 0 saturated heterocycles. The van der Waals surface area contributed by atoms with Gasteiger partial charge in [0.05, 0.1) is 33.0 Å². The number of aromatic nitrogens is 1. The normalized spacial score (nSPS) is 15.7. The van der Waals surface area contributed by atoms with Gasteiger partial charge in [0.2, 0.25) is 0 Å². The molecule has 0 N–H and O–H groups in total. The predicted octanol–water partition coefficient (Wildman–Crippen LogP) is 5.65. The number of rotatable bonds is 6. The Bertz CT molecular complexity index is 1560. The second-order valence-electron chi connectivity index (χ2n) is 8.30. The van der Waals surface area contributed by atoms with Gasteiger partial charge in [-0.2, -0.15) is 0 Å². The zero-order chi connectivity index (χ0) is 26.1. The Morgan fingerprint density at radius 3 is 2.67 bits per heavy atom. The van der Waals surface area contributed by atoms with Crippen LogP contribution < -0.4 is 19.6 Å². The molecule has 0 amide bonds. The van der Waals surface area contributed by atoms with Crippen LogP contribution in [0, 0.1) is 0 Å². The Morgan fingerprint density at radius 2 is 2.00 bits per heavy atom. The molecule has 0 unspecified atom stereocenters. The fraction of sp³-hybridized carbons (Fsp3) is 0.269. The van der Waals surface area contributed by atoms with E-state index >= 15 is 0 Å². The number of halogens is 3. The topological polar surface area (TPSA) is 69.9 Å². The minimum atomic E-state index is -0.784. The lowest BCUT2D eigenvalue weighted by Crippen LogP contribution is -2.40. The van der Waals surface area contributed by atoms with E-state index in [1.54, 1.807) is 50.3 Å². The van der Waals surface area contributed by atoms with E-state index in [2.05, 4.69) is 20.9 Å². The Kier molecular flexibility index (Phi) is 8.09. The number of hydrogen-bond acceptors (Lipinski definition) is 6. The fourth-order valence-electron chi connectivity index (χ4n) is 3.97. The minimum absolute atomic E-state index is 0.0918. The zero-order valence-corrected chi connectivity index (χ0v) is 23.9. The van der Waals surface area contributed by atoms with Crippen LogP contribution in [-0.2, 0) is 9.53 Å². The molecule has 188 valence electrons. The standard InChI is InChI=1S/C26H23BrCl2N2O4S/c1-5-34-25(33)21-14(4)30-26-31(22(21)17-8-6-7-9-19(17)29)24(32)20(36-26)11-15-10-16(28)12-18(27)23(15)35-13(2)3/h6-13,22H,5H2,1-4H3/b20-11-/t22-/m1/s1. The van der Waals surface area contributed by atoms with E-state index in [4.69, 9.17) is 32.7 Å². The summed E-state index contributed by atoms with van der Waals surface area (Å²) in [5, 5.41) is 0.923. The van der Waals surface area contributed by atoms with Gasteiger partial charge < -0.3 is 9.47 Å². The third-order valence-electron chi connectivity index (χ3n) is 5.39. The second kappa shape index (κ2) is 10.9. The number of esters is 1. The van der Waals surface area contributed by atoms with Crippen LogP contribution in [-0.4, -0.2) is 23.2 Å². The van der Waals surface area contributed by atoms with Crippen LogP contribution in [0.2, 0.25) is 10.0 Å². The monoisotopic (exact) mass is 608 g/mol. The first-order valence-electron chi connectivity index (χ1n) is 11.2. The maximum absolute atomic E-state index is 13.8. The van der Waals surface area contributed by atoms with Gasteiger partial charge in [0.1, 0.15) is 11.8 Å². The van der Waals surface area contributed by atoms with E-state index in [9.17, 15) is 9.59 Å². The quantitative estimate of drug-likeness (QED) is 0.339. The molecule has 0 bridgehead atoms. The Balaban J connectivity index is 1.99. The largest absolute Gasteiger partial charge is 0.489 e. The van der Waals surface area contributed by atoms with Crippen molar-refractivity contribution in [1.29, 1.82) is 0 Å². The number of ether oxygens (including phenoxy) is 2. The van der Waals surface area contributed by atoms with Gasteiger partial charge in [0, 0.05) is 15.6 Å². The van der Waals surface area contributed by atoms with E-state index in [0.717, 1.165) is 0 Å². The first kappa shape index (κ1) is 26.7. The fourth-order valence-corrected chi connectivity index (χ4v) is 6.18. The van der Waals surface area contributed by atoms with Crippen LogP contribution in [0.5, 0.6) is 5.75 Å². The number of benzene rings is 2. The lowest BCUT2D eigenvalue weighted by molar-refractivity contribution is -0.139. The predicted molar refractivity (Wildman–Crippen MR) is 147 cm³/mol. The second-order valence-corrected chi connectivity index (χ2v) is 11.0. The molecule has 1 aliphatic heterocycles. The van der Waals surface area contributed by atoms with Crippen molar-refractivity contribution in [3.8, 4) is 5.75 Å². The summed E-state index contributed by atoms with van der Waals surface area (Å²) >= 11 is 17.6. The summed E-state index contributed by atoms with van der Waals surface area (Å²) in [6, 6.07) is 9.83. The van der Waals surface area contributed by atoms with Crippen molar-refractivity contribution in [3.05, 3.63) is 93.0 Å². The van der Waals surface area contributed by atoms with Crippen LogP contribution in [0.25, 0.3) is 6.08 Å². The number of allylic oxidation sites excluding steroid dienone is 1. The number of carbonyl (C=O) groups is 1. The van der Waals surface area contributed by atoms with Crippen LogP contribution in [0.3, 0.4) is 0 Å². The van der Waals surface area contributed by atoms with Gasteiger partial charge in [-0.05, 0) is 73.5 Å². The Hall–Kier alpha value is -2.39. The average molecular weight is 610 g/mol. The summed E-state index contributed by atoms with van der Waals surface area (Å²) in [7, 11) is 0. The van der Waals surface area contributed by atoms with Gasteiger partial charge in [-0.3, -0.25) is 9.36 Å². The summed E-state index contributed by atoms with van der Waals surface area (Å²) in [5.41, 5.74) is 1.69. The molecule has 4 rings (SSSR count). The van der Waals surface area contributed by atoms with Crippen LogP contribution >= 0.6 is 50.5 Å². The molecule has 2 heterocycles. The van der Waals surface area contributed by atoms with Crippen LogP contribution in [0.15, 0.2) is 61.9 Å². The molecule has 0 radical (unpaired) electrons. The molecule has 0 aliphatic carbocycles. The highest BCUT2D eigenvalue weighted by Crippen LogP contribution is 2.35. The third kappa shape index (κ3) is 5.18. The molecule has 0 fully saturated rings. The lowest BCUT2D eigenvalue weighted by atomic mass is 9.96. The number of carbonyl (C=O) groups excluding carboxylic acids is 1.